The smallest absolute Gasteiger partial charge is 0.296 e. The second-order valence-electron chi connectivity index (χ2n) is 3.15. The van der Waals surface area contributed by atoms with Crippen LogP contribution < -0.4 is 3.69 Å². The van der Waals surface area contributed by atoms with Gasteiger partial charge in [-0.3, -0.25) is 12.9 Å². The molecule has 0 atom stereocenters. The quantitative estimate of drug-likeness (QED) is 0.672. The molecule has 0 nitrogen and oxygen atoms in total. The zero-order valence-corrected chi connectivity index (χ0v) is 9.39. The molecule has 54 valence electrons. The lowest BCUT2D eigenvalue weighted by Gasteiger charge is -1.98. The van der Waals surface area contributed by atoms with Crippen LogP contribution in [0.1, 0.15) is 24.3 Å². The predicted molar refractivity (Wildman–Crippen MR) is 52.7 cm³/mol. The molecular weight excluding hydrogens is 212 g/mol. The van der Waals surface area contributed by atoms with Crippen LogP contribution in [-0.2, 0) is 0 Å². The molecule has 0 bridgehead atoms. The highest BCUT2D eigenvalue weighted by Gasteiger charge is 2.22. The van der Waals surface area contributed by atoms with Gasteiger partial charge in [0.05, 0.1) is 0 Å². The van der Waals surface area contributed by atoms with E-state index in [1.54, 1.807) is 5.56 Å². The Kier molecular flexibility index (Phi) is 2.54. The Morgan fingerprint density at radius 3 is 2.27 bits per heavy atom. The monoisotopic (exact) mass is 220 g/mol. The van der Waals surface area contributed by atoms with E-state index >= 15 is 0 Å². The number of halogens is 1. The molecule has 11 heavy (non-hydrogen) atoms. The largest absolute Gasteiger partial charge is 0.506 e. The van der Waals surface area contributed by atoms with Crippen LogP contribution in [0.3, 0.4) is 0 Å². The Bertz CT molecular complexity index is 238. The summed E-state index contributed by atoms with van der Waals surface area (Å²) in [5.41, 5.74) is 1.55. The van der Waals surface area contributed by atoms with Crippen molar-refractivity contribution >= 4 is 34.8 Å². The lowest BCUT2D eigenvalue weighted by atomic mass is 10.1. The van der Waals surface area contributed by atoms with E-state index in [-0.39, 0.29) is 18.2 Å². The molecule has 0 amide bonds. The molecule has 0 radical (unpaired) electrons. The van der Waals surface area contributed by atoms with Crippen molar-refractivity contribution in [3.63, 3.8) is 0 Å². The fourth-order valence-corrected chi connectivity index (χ4v) is 2.83. The number of benzene rings is 1. The molecule has 1 aromatic carbocycles. The van der Waals surface area contributed by atoms with Crippen molar-refractivity contribution in [1.29, 1.82) is 0 Å². The number of hydrogen-bond donors (Lipinski definition) is 0. The standard InChI is InChI=1S/C9H9.BrH.Mg/c1-2-4-8(5-3-1)9-6-7-9;;/h2-5,9H,6-7H2;1H;/q;;+1/p-1. The van der Waals surface area contributed by atoms with Crippen molar-refractivity contribution < 1.29 is 0 Å². The second kappa shape index (κ2) is 3.46. The van der Waals surface area contributed by atoms with E-state index < -0.39 is 0 Å². The predicted octanol–water partition coefficient (Wildman–Crippen LogP) is 2.20. The van der Waals surface area contributed by atoms with Gasteiger partial charge in [-0.05, 0) is 24.3 Å². The first kappa shape index (κ1) is 8.08. The van der Waals surface area contributed by atoms with Crippen molar-refractivity contribution in [1.82, 2.24) is 0 Å². The molecule has 0 unspecified atom stereocenters. The molecule has 0 N–H and O–H groups in total. The van der Waals surface area contributed by atoms with Crippen LogP contribution in [-0.4, -0.2) is 18.2 Å². The molecule has 0 saturated heterocycles. The molecule has 1 fully saturated rings. The van der Waals surface area contributed by atoms with Crippen molar-refractivity contribution in [2.75, 3.05) is 0 Å². The summed E-state index contributed by atoms with van der Waals surface area (Å²) in [6, 6.07) is 9.13. The molecule has 1 aromatic rings. The van der Waals surface area contributed by atoms with E-state index in [0.29, 0.717) is 0 Å². The Hall–Kier alpha value is 0.466. The van der Waals surface area contributed by atoms with Gasteiger partial charge >= 0.3 is 18.2 Å². The Morgan fingerprint density at radius 2 is 1.82 bits per heavy atom. The molecule has 1 saturated carbocycles. The van der Waals surface area contributed by atoms with E-state index in [4.69, 9.17) is 0 Å². The Labute approximate surface area is 83.0 Å². The van der Waals surface area contributed by atoms with Gasteiger partial charge in [-0.25, -0.2) is 0 Å². The normalized spacial score (nSPS) is 16.1. The third-order valence-electron chi connectivity index (χ3n) is 2.18. The van der Waals surface area contributed by atoms with E-state index in [2.05, 4.69) is 37.1 Å². The van der Waals surface area contributed by atoms with Gasteiger partial charge in [0.15, 0.2) is 0 Å². The number of rotatable bonds is 2. The maximum Gasteiger partial charge on any atom is 0.506 e. The summed E-state index contributed by atoms with van der Waals surface area (Å²) in [5, 5.41) is 0. The molecular formula is C9H9BrMg. The molecule has 2 rings (SSSR count). The average molecular weight is 221 g/mol. The van der Waals surface area contributed by atoms with Gasteiger partial charge in [0.25, 0.3) is 0 Å². The van der Waals surface area contributed by atoms with Gasteiger partial charge < -0.3 is 0 Å². The highest BCUT2D eigenvalue weighted by Crippen LogP contribution is 2.39. The summed E-state index contributed by atoms with van der Waals surface area (Å²) >= 11 is 3.46. The third kappa shape index (κ3) is 1.98. The lowest BCUT2D eigenvalue weighted by molar-refractivity contribution is 1.13. The first-order valence-electron chi connectivity index (χ1n) is 4.05. The minimum atomic E-state index is -0.116. The zero-order valence-electron chi connectivity index (χ0n) is 6.39. The fraction of sp³-hybridized carbons (Fsp3) is 0.333. The van der Waals surface area contributed by atoms with Crippen molar-refractivity contribution in [2.24, 2.45) is 0 Å². The van der Waals surface area contributed by atoms with Gasteiger partial charge in [-0.1, -0.05) is 24.3 Å². The molecule has 2 heteroatoms. The number of hydrogen-bond acceptors (Lipinski definition) is 0. The van der Waals surface area contributed by atoms with Gasteiger partial charge in [0.2, 0.25) is 0 Å². The Balaban J connectivity index is 2.19. The van der Waals surface area contributed by atoms with Crippen molar-refractivity contribution in [2.45, 2.75) is 18.8 Å². The lowest BCUT2D eigenvalue weighted by Crippen LogP contribution is -2.06. The van der Waals surface area contributed by atoms with E-state index in [0.717, 1.165) is 5.92 Å². The highest BCUT2D eigenvalue weighted by atomic mass is 79.9. The van der Waals surface area contributed by atoms with Crippen LogP contribution in [0.25, 0.3) is 0 Å². The van der Waals surface area contributed by atoms with E-state index in [1.165, 1.54) is 16.5 Å². The van der Waals surface area contributed by atoms with Gasteiger partial charge in [0.1, 0.15) is 0 Å². The topological polar surface area (TPSA) is 0 Å². The van der Waals surface area contributed by atoms with Crippen LogP contribution in [0.5, 0.6) is 0 Å². The van der Waals surface area contributed by atoms with Crippen molar-refractivity contribution in [3.05, 3.63) is 29.8 Å². The Morgan fingerprint density at radius 1 is 1.18 bits per heavy atom. The molecule has 0 aliphatic heterocycles. The average Bonchev–Trinajstić information content (AvgIpc) is 2.87. The minimum Gasteiger partial charge on any atom is -0.296 e. The van der Waals surface area contributed by atoms with Crippen LogP contribution in [0.4, 0.5) is 0 Å². The minimum absolute atomic E-state index is 0.116. The van der Waals surface area contributed by atoms with Crippen LogP contribution in [0.15, 0.2) is 24.3 Å². The van der Waals surface area contributed by atoms with E-state index in [1.807, 2.05) is 0 Å². The first-order valence-corrected chi connectivity index (χ1v) is 8.65. The second-order valence-corrected chi connectivity index (χ2v) is 5.92. The highest BCUT2D eigenvalue weighted by molar-refractivity contribution is 9.23. The molecule has 0 aromatic heterocycles. The van der Waals surface area contributed by atoms with Crippen molar-refractivity contribution in [3.8, 4) is 0 Å². The third-order valence-corrected chi connectivity index (χ3v) is 4.91. The maximum absolute atomic E-state index is 3.57. The fourth-order valence-electron chi connectivity index (χ4n) is 1.30. The summed E-state index contributed by atoms with van der Waals surface area (Å²) in [6.07, 6.45) is 2.82. The summed E-state index contributed by atoms with van der Waals surface area (Å²) in [7, 11) is 0. The first-order chi connectivity index (χ1) is 5.40. The maximum atomic E-state index is 3.57. The summed E-state index contributed by atoms with van der Waals surface area (Å²) in [5.74, 6) is 0.904. The molecule has 0 spiro atoms. The zero-order chi connectivity index (χ0) is 7.68. The van der Waals surface area contributed by atoms with Crippen LogP contribution in [0, 0.1) is 0 Å². The molecule has 1 aliphatic carbocycles. The van der Waals surface area contributed by atoms with E-state index in [9.17, 15) is 0 Å². The van der Waals surface area contributed by atoms with Crippen LogP contribution in [0.2, 0.25) is 0 Å². The molecule has 0 heterocycles. The SMILES string of the molecule is [Br][Mg][c]1ccc(C2CC2)cc1. The summed E-state index contributed by atoms with van der Waals surface area (Å²) in [4.78, 5) is 0. The van der Waals surface area contributed by atoms with Gasteiger partial charge in [0, 0.05) is 0 Å². The summed E-state index contributed by atoms with van der Waals surface area (Å²) < 4.78 is 1.51. The van der Waals surface area contributed by atoms with Gasteiger partial charge in [-0.15, -0.1) is 0 Å². The van der Waals surface area contributed by atoms with Gasteiger partial charge in [-0.2, -0.15) is 3.69 Å². The molecule has 1 aliphatic rings. The summed E-state index contributed by atoms with van der Waals surface area (Å²) in [6.45, 7) is 0. The van der Waals surface area contributed by atoms with Crippen LogP contribution >= 0.6 is 12.9 Å².